The minimum atomic E-state index is 0.815. The molecule has 0 radical (unpaired) electrons. The molecule has 1 heterocycles. The van der Waals surface area contributed by atoms with Gasteiger partial charge in [0.1, 0.15) is 0 Å². The van der Waals surface area contributed by atoms with Gasteiger partial charge < -0.3 is 5.32 Å². The van der Waals surface area contributed by atoms with Gasteiger partial charge in [0, 0.05) is 6.04 Å². The average Bonchev–Trinajstić information content (AvgIpc) is 2.55. The van der Waals surface area contributed by atoms with E-state index in [1.807, 2.05) is 0 Å². The molecular weight excluding hydrogens is 146 g/mol. The molecule has 1 nitrogen and oxygen atoms in total. The maximum absolute atomic E-state index is 3.61. The minimum absolute atomic E-state index is 0.815. The predicted octanol–water partition coefficient (Wildman–Crippen LogP) is 2.81. The fourth-order valence-electron chi connectivity index (χ4n) is 2.69. The minimum Gasteiger partial charge on any atom is -0.314 e. The van der Waals surface area contributed by atoms with Gasteiger partial charge in [-0.3, -0.25) is 0 Å². The van der Waals surface area contributed by atoms with Crippen molar-refractivity contribution in [2.45, 2.75) is 52.5 Å². The monoisotopic (exact) mass is 169 g/mol. The molecule has 1 saturated heterocycles. The molecule has 0 aromatic rings. The zero-order valence-electron chi connectivity index (χ0n) is 8.77. The van der Waals surface area contributed by atoms with Gasteiger partial charge in [-0.05, 0) is 31.2 Å². The summed E-state index contributed by atoms with van der Waals surface area (Å²) in [6, 6.07) is 0.815. The van der Waals surface area contributed by atoms with Gasteiger partial charge in [0.25, 0.3) is 0 Å². The topological polar surface area (TPSA) is 12.0 Å². The van der Waals surface area contributed by atoms with Crippen molar-refractivity contribution in [3.8, 4) is 0 Å². The number of rotatable bonds is 4. The van der Waals surface area contributed by atoms with E-state index >= 15 is 0 Å². The van der Waals surface area contributed by atoms with Crippen molar-refractivity contribution in [1.29, 1.82) is 0 Å². The van der Waals surface area contributed by atoms with Crippen LogP contribution in [0.25, 0.3) is 0 Å². The SMILES string of the molecule is CCC(CC)C1CCNC1CC. The summed E-state index contributed by atoms with van der Waals surface area (Å²) in [7, 11) is 0. The lowest BCUT2D eigenvalue weighted by atomic mass is 9.82. The number of hydrogen-bond acceptors (Lipinski definition) is 1. The Bertz CT molecular complexity index is 118. The van der Waals surface area contributed by atoms with E-state index in [9.17, 15) is 0 Å². The zero-order valence-corrected chi connectivity index (χ0v) is 8.77. The van der Waals surface area contributed by atoms with Crippen molar-refractivity contribution in [3.63, 3.8) is 0 Å². The van der Waals surface area contributed by atoms with Gasteiger partial charge in [0.05, 0.1) is 0 Å². The van der Waals surface area contributed by atoms with Gasteiger partial charge in [0.2, 0.25) is 0 Å². The van der Waals surface area contributed by atoms with Gasteiger partial charge >= 0.3 is 0 Å². The molecule has 72 valence electrons. The van der Waals surface area contributed by atoms with Crippen molar-refractivity contribution in [3.05, 3.63) is 0 Å². The van der Waals surface area contributed by atoms with Crippen LogP contribution in [0.5, 0.6) is 0 Å². The van der Waals surface area contributed by atoms with E-state index in [1.54, 1.807) is 0 Å². The van der Waals surface area contributed by atoms with E-state index in [0.29, 0.717) is 0 Å². The molecule has 2 atom stereocenters. The predicted molar refractivity (Wildman–Crippen MR) is 54.3 cm³/mol. The number of nitrogens with one attached hydrogen (secondary N) is 1. The van der Waals surface area contributed by atoms with E-state index in [1.165, 1.54) is 32.2 Å². The van der Waals surface area contributed by atoms with Gasteiger partial charge in [-0.1, -0.05) is 33.6 Å². The van der Waals surface area contributed by atoms with Crippen LogP contribution >= 0.6 is 0 Å². The van der Waals surface area contributed by atoms with Crippen LogP contribution in [0.15, 0.2) is 0 Å². The zero-order chi connectivity index (χ0) is 8.97. The molecule has 0 aromatic carbocycles. The third kappa shape index (κ3) is 2.01. The quantitative estimate of drug-likeness (QED) is 0.682. The Morgan fingerprint density at radius 1 is 1.25 bits per heavy atom. The van der Waals surface area contributed by atoms with Crippen molar-refractivity contribution in [2.24, 2.45) is 11.8 Å². The third-order valence-corrected chi connectivity index (χ3v) is 3.50. The molecule has 1 fully saturated rings. The Hall–Kier alpha value is -0.0400. The van der Waals surface area contributed by atoms with Crippen molar-refractivity contribution in [2.75, 3.05) is 6.54 Å². The molecule has 0 saturated carbocycles. The molecule has 1 heteroatoms. The van der Waals surface area contributed by atoms with Crippen LogP contribution in [0.3, 0.4) is 0 Å². The highest BCUT2D eigenvalue weighted by molar-refractivity contribution is 4.86. The number of hydrogen-bond donors (Lipinski definition) is 1. The largest absolute Gasteiger partial charge is 0.314 e. The molecule has 0 aromatic heterocycles. The smallest absolute Gasteiger partial charge is 0.00958 e. The van der Waals surface area contributed by atoms with E-state index in [2.05, 4.69) is 26.1 Å². The first-order chi connectivity index (χ1) is 5.83. The second-order valence-corrected chi connectivity index (χ2v) is 4.00. The molecule has 0 aliphatic carbocycles. The Kier molecular flexibility index (Phi) is 4.07. The van der Waals surface area contributed by atoms with E-state index < -0.39 is 0 Å². The summed E-state index contributed by atoms with van der Waals surface area (Å²) in [5.41, 5.74) is 0. The van der Waals surface area contributed by atoms with Crippen LogP contribution in [-0.4, -0.2) is 12.6 Å². The van der Waals surface area contributed by atoms with Crippen LogP contribution in [0.1, 0.15) is 46.5 Å². The van der Waals surface area contributed by atoms with Crippen LogP contribution < -0.4 is 5.32 Å². The Morgan fingerprint density at radius 3 is 2.42 bits per heavy atom. The average molecular weight is 169 g/mol. The highest BCUT2D eigenvalue weighted by atomic mass is 14.9. The van der Waals surface area contributed by atoms with Crippen LogP contribution in [0.2, 0.25) is 0 Å². The van der Waals surface area contributed by atoms with Crippen molar-refractivity contribution >= 4 is 0 Å². The molecule has 1 aliphatic heterocycles. The van der Waals surface area contributed by atoms with Gasteiger partial charge in [-0.2, -0.15) is 0 Å². The molecule has 0 amide bonds. The molecular formula is C11H23N. The molecule has 12 heavy (non-hydrogen) atoms. The summed E-state index contributed by atoms with van der Waals surface area (Å²) < 4.78 is 0. The molecule has 0 bridgehead atoms. The summed E-state index contributed by atoms with van der Waals surface area (Å²) >= 11 is 0. The van der Waals surface area contributed by atoms with Gasteiger partial charge in [-0.25, -0.2) is 0 Å². The Morgan fingerprint density at radius 2 is 1.92 bits per heavy atom. The summed E-state index contributed by atoms with van der Waals surface area (Å²) in [5, 5.41) is 3.61. The Labute approximate surface area is 76.9 Å². The fraction of sp³-hybridized carbons (Fsp3) is 1.00. The molecule has 1 N–H and O–H groups in total. The van der Waals surface area contributed by atoms with Crippen LogP contribution in [-0.2, 0) is 0 Å². The summed E-state index contributed by atoms with van der Waals surface area (Å²) in [5.74, 6) is 1.93. The molecule has 0 spiro atoms. The summed E-state index contributed by atoms with van der Waals surface area (Å²) in [6.45, 7) is 8.22. The highest BCUT2D eigenvalue weighted by Crippen LogP contribution is 2.30. The van der Waals surface area contributed by atoms with Crippen LogP contribution in [0, 0.1) is 11.8 Å². The normalized spacial score (nSPS) is 30.0. The van der Waals surface area contributed by atoms with E-state index in [0.717, 1.165) is 17.9 Å². The third-order valence-electron chi connectivity index (χ3n) is 3.50. The van der Waals surface area contributed by atoms with Crippen LogP contribution in [0.4, 0.5) is 0 Å². The van der Waals surface area contributed by atoms with Crippen molar-refractivity contribution in [1.82, 2.24) is 5.32 Å². The van der Waals surface area contributed by atoms with E-state index in [-0.39, 0.29) is 0 Å². The molecule has 2 unspecified atom stereocenters. The maximum atomic E-state index is 3.61. The molecule has 1 aliphatic rings. The second kappa shape index (κ2) is 4.86. The standard InChI is InChI=1S/C11H23N/c1-4-9(5-2)10-7-8-12-11(10)6-3/h9-12H,4-8H2,1-3H3. The first-order valence-corrected chi connectivity index (χ1v) is 5.56. The highest BCUT2D eigenvalue weighted by Gasteiger charge is 2.29. The van der Waals surface area contributed by atoms with Crippen molar-refractivity contribution < 1.29 is 0 Å². The molecule has 1 rings (SSSR count). The lowest BCUT2D eigenvalue weighted by molar-refractivity contribution is 0.278. The fourth-order valence-corrected chi connectivity index (χ4v) is 2.69. The Balaban J connectivity index is 2.47. The lowest BCUT2D eigenvalue weighted by Crippen LogP contribution is -2.29. The summed E-state index contributed by atoms with van der Waals surface area (Å²) in [6.07, 6.45) is 5.44. The lowest BCUT2D eigenvalue weighted by Gasteiger charge is -2.25. The summed E-state index contributed by atoms with van der Waals surface area (Å²) in [4.78, 5) is 0. The maximum Gasteiger partial charge on any atom is 0.00958 e. The first-order valence-electron chi connectivity index (χ1n) is 5.56. The first kappa shape index (κ1) is 10.0. The van der Waals surface area contributed by atoms with Gasteiger partial charge in [-0.15, -0.1) is 0 Å². The van der Waals surface area contributed by atoms with E-state index in [4.69, 9.17) is 0 Å². The van der Waals surface area contributed by atoms with Gasteiger partial charge in [0.15, 0.2) is 0 Å². The second-order valence-electron chi connectivity index (χ2n) is 4.00.